The van der Waals surface area contributed by atoms with Crippen LogP contribution in [-0.2, 0) is 0 Å². The normalized spacial score (nSPS) is 21.3. The van der Waals surface area contributed by atoms with Crippen LogP contribution in [0.5, 0.6) is 0 Å². The Morgan fingerprint density at radius 3 is 2.42 bits per heavy atom. The number of hydrogen-bond donors (Lipinski definition) is 0. The van der Waals surface area contributed by atoms with E-state index in [1.165, 1.54) is 44.9 Å². The highest BCUT2D eigenvalue weighted by atomic mass is 13.9. The zero-order valence-corrected chi connectivity index (χ0v) is 7.89. The maximum absolute atomic E-state index is 3.34. The summed E-state index contributed by atoms with van der Waals surface area (Å²) >= 11 is 0. The first-order valence-corrected chi connectivity index (χ1v) is 5.20. The zero-order chi connectivity index (χ0) is 8.49. The van der Waals surface area contributed by atoms with Crippen LogP contribution in [0.25, 0.3) is 0 Å². The van der Waals surface area contributed by atoms with Crippen LogP contribution >= 0.6 is 0 Å². The molecular formula is C12H19. The average molecular weight is 163 g/mol. The van der Waals surface area contributed by atoms with Gasteiger partial charge in [0.25, 0.3) is 0 Å². The lowest BCUT2D eigenvalue weighted by atomic mass is 10.1. The van der Waals surface area contributed by atoms with Crippen molar-refractivity contribution in [3.8, 4) is 0 Å². The number of hydrogen-bond acceptors (Lipinski definition) is 0. The van der Waals surface area contributed by atoms with Crippen LogP contribution in [0.3, 0.4) is 0 Å². The van der Waals surface area contributed by atoms with E-state index in [9.17, 15) is 0 Å². The minimum absolute atomic E-state index is 1.14. The fraction of sp³-hybridized carbons (Fsp3) is 0.667. The molecule has 1 rings (SSSR count). The first-order valence-electron chi connectivity index (χ1n) is 5.20. The Morgan fingerprint density at radius 2 is 1.50 bits per heavy atom. The van der Waals surface area contributed by atoms with Crippen molar-refractivity contribution in [3.05, 3.63) is 24.3 Å². The Labute approximate surface area is 76.4 Å². The molecule has 0 atom stereocenters. The molecule has 0 spiro atoms. The predicted molar refractivity (Wildman–Crippen MR) is 53.9 cm³/mol. The summed E-state index contributed by atoms with van der Waals surface area (Å²) in [6, 6.07) is 0. The summed E-state index contributed by atoms with van der Waals surface area (Å²) in [7, 11) is 0. The minimum atomic E-state index is 1.14. The molecule has 0 bridgehead atoms. The molecule has 0 N–H and O–H groups in total. The van der Waals surface area contributed by atoms with E-state index in [4.69, 9.17) is 0 Å². The second kappa shape index (κ2) is 7.15. The van der Waals surface area contributed by atoms with E-state index in [0.717, 1.165) is 6.42 Å². The molecule has 0 aromatic carbocycles. The van der Waals surface area contributed by atoms with Crippen molar-refractivity contribution in [2.45, 2.75) is 51.4 Å². The first kappa shape index (κ1) is 9.57. The topological polar surface area (TPSA) is 0 Å². The van der Waals surface area contributed by atoms with Crippen molar-refractivity contribution in [1.82, 2.24) is 0 Å². The van der Waals surface area contributed by atoms with E-state index in [1.807, 2.05) is 0 Å². The summed E-state index contributed by atoms with van der Waals surface area (Å²) in [5.74, 6) is 0. The lowest BCUT2D eigenvalue weighted by molar-refractivity contribution is 0.689. The Balaban J connectivity index is 2.19. The molecule has 0 saturated carbocycles. The third kappa shape index (κ3) is 5.17. The summed E-state index contributed by atoms with van der Waals surface area (Å²) in [5.41, 5.74) is 0. The van der Waals surface area contributed by atoms with Gasteiger partial charge in [-0.25, -0.2) is 0 Å². The van der Waals surface area contributed by atoms with Crippen molar-refractivity contribution in [1.29, 1.82) is 0 Å². The third-order valence-corrected chi connectivity index (χ3v) is 2.22. The van der Waals surface area contributed by atoms with Gasteiger partial charge in [0.05, 0.1) is 0 Å². The van der Waals surface area contributed by atoms with Crippen LogP contribution in [0.4, 0.5) is 0 Å². The molecule has 1 aliphatic carbocycles. The van der Waals surface area contributed by atoms with Crippen LogP contribution in [0, 0.1) is 6.08 Å². The van der Waals surface area contributed by atoms with E-state index in [2.05, 4.69) is 24.3 Å². The van der Waals surface area contributed by atoms with E-state index in [1.54, 1.807) is 0 Å². The second-order valence-corrected chi connectivity index (χ2v) is 3.41. The van der Waals surface area contributed by atoms with Gasteiger partial charge < -0.3 is 0 Å². The van der Waals surface area contributed by atoms with Gasteiger partial charge in [0, 0.05) is 0 Å². The molecule has 0 aliphatic heterocycles. The largest absolute Gasteiger partial charge is 0.0885 e. The zero-order valence-electron chi connectivity index (χ0n) is 7.89. The average Bonchev–Trinajstić information content (AvgIpc) is 2.05. The summed E-state index contributed by atoms with van der Waals surface area (Å²) in [5, 5.41) is 0. The van der Waals surface area contributed by atoms with Gasteiger partial charge in [-0.05, 0) is 51.0 Å². The molecular weight excluding hydrogens is 144 g/mol. The van der Waals surface area contributed by atoms with Gasteiger partial charge in [0.15, 0.2) is 0 Å². The van der Waals surface area contributed by atoms with Crippen molar-refractivity contribution < 1.29 is 0 Å². The molecule has 0 unspecified atom stereocenters. The molecule has 0 fully saturated rings. The van der Waals surface area contributed by atoms with Gasteiger partial charge in [0.2, 0.25) is 0 Å². The van der Waals surface area contributed by atoms with Gasteiger partial charge in [-0.3, -0.25) is 0 Å². The highest BCUT2D eigenvalue weighted by Gasteiger charge is 1.88. The van der Waals surface area contributed by atoms with E-state index in [0.29, 0.717) is 0 Å². The standard InChI is InChI=1S/C12H19/c1-2-4-6-8-10-12-11-9-7-5-3-1/h1-2,12H,3-9,11H2. The molecule has 0 aromatic rings. The number of rotatable bonds is 0. The summed E-state index contributed by atoms with van der Waals surface area (Å²) in [4.78, 5) is 0. The SMILES string of the molecule is [C]1=CCCCCCC=CCCC1. The van der Waals surface area contributed by atoms with Gasteiger partial charge in [-0.2, -0.15) is 0 Å². The molecule has 67 valence electrons. The molecule has 0 aromatic heterocycles. The minimum Gasteiger partial charge on any atom is -0.0885 e. The molecule has 1 radical (unpaired) electrons. The molecule has 0 heterocycles. The fourth-order valence-electron chi connectivity index (χ4n) is 1.45. The maximum atomic E-state index is 3.34. The van der Waals surface area contributed by atoms with Gasteiger partial charge in [-0.1, -0.05) is 24.6 Å². The van der Waals surface area contributed by atoms with Crippen LogP contribution in [0.1, 0.15) is 51.4 Å². The first-order chi connectivity index (χ1) is 6.00. The van der Waals surface area contributed by atoms with Crippen LogP contribution in [0.2, 0.25) is 0 Å². The Bertz CT molecular complexity index is 126. The maximum Gasteiger partial charge on any atom is -0.0276 e. The molecule has 12 heavy (non-hydrogen) atoms. The Hall–Kier alpha value is -0.520. The molecule has 0 saturated heterocycles. The highest BCUT2D eigenvalue weighted by Crippen LogP contribution is 2.07. The van der Waals surface area contributed by atoms with E-state index in [-0.39, 0.29) is 0 Å². The Morgan fingerprint density at radius 1 is 0.750 bits per heavy atom. The van der Waals surface area contributed by atoms with Crippen molar-refractivity contribution in [2.75, 3.05) is 0 Å². The van der Waals surface area contributed by atoms with Gasteiger partial charge >= 0.3 is 0 Å². The van der Waals surface area contributed by atoms with Gasteiger partial charge in [-0.15, -0.1) is 0 Å². The van der Waals surface area contributed by atoms with Crippen molar-refractivity contribution >= 4 is 0 Å². The number of allylic oxidation sites excluding steroid dienone is 4. The molecule has 0 amide bonds. The lowest BCUT2D eigenvalue weighted by Crippen LogP contribution is -1.78. The predicted octanol–water partition coefficient (Wildman–Crippen LogP) is 4.04. The lowest BCUT2D eigenvalue weighted by Gasteiger charge is -1.97. The van der Waals surface area contributed by atoms with E-state index >= 15 is 0 Å². The molecule has 0 heteroatoms. The molecule has 1 aliphatic rings. The second-order valence-electron chi connectivity index (χ2n) is 3.41. The third-order valence-electron chi connectivity index (χ3n) is 2.22. The van der Waals surface area contributed by atoms with Crippen molar-refractivity contribution in [3.63, 3.8) is 0 Å². The fourth-order valence-corrected chi connectivity index (χ4v) is 1.45. The summed E-state index contributed by atoms with van der Waals surface area (Å²) in [6.07, 6.45) is 20.5. The monoisotopic (exact) mass is 163 g/mol. The smallest absolute Gasteiger partial charge is 0.0276 e. The van der Waals surface area contributed by atoms with Crippen LogP contribution < -0.4 is 0 Å². The molecule has 0 nitrogen and oxygen atoms in total. The highest BCUT2D eigenvalue weighted by molar-refractivity contribution is 4.83. The van der Waals surface area contributed by atoms with E-state index < -0.39 is 0 Å². The summed E-state index contributed by atoms with van der Waals surface area (Å²) in [6.45, 7) is 0. The van der Waals surface area contributed by atoms with Crippen LogP contribution in [-0.4, -0.2) is 0 Å². The Kier molecular flexibility index (Phi) is 5.70. The van der Waals surface area contributed by atoms with Crippen LogP contribution in [0.15, 0.2) is 18.2 Å². The summed E-state index contributed by atoms with van der Waals surface area (Å²) < 4.78 is 0. The van der Waals surface area contributed by atoms with Crippen molar-refractivity contribution in [2.24, 2.45) is 0 Å². The van der Waals surface area contributed by atoms with Gasteiger partial charge in [0.1, 0.15) is 0 Å². The quantitative estimate of drug-likeness (QED) is 0.473.